The van der Waals surface area contributed by atoms with Gasteiger partial charge >= 0.3 is 0 Å². The van der Waals surface area contributed by atoms with Gasteiger partial charge in [0.25, 0.3) is 5.91 Å². The average molecular weight is 531 g/mol. The molecule has 5 nitrogen and oxygen atoms in total. The van der Waals surface area contributed by atoms with Gasteiger partial charge in [0.05, 0.1) is 6.21 Å². The third-order valence-corrected chi connectivity index (χ3v) is 6.01. The third kappa shape index (κ3) is 6.70. The normalized spacial score (nSPS) is 11.2. The number of hydrogen-bond acceptors (Lipinski definition) is 4. The highest BCUT2D eigenvalue weighted by atomic mass is 79.9. The predicted octanol–water partition coefficient (Wildman–Crippen LogP) is 6.83. The molecule has 35 heavy (non-hydrogen) atoms. The van der Waals surface area contributed by atoms with Gasteiger partial charge in [0.1, 0.15) is 18.1 Å². The highest BCUT2D eigenvalue weighted by Crippen LogP contribution is 2.27. The molecule has 0 unspecified atom stereocenters. The number of benzene rings is 4. The van der Waals surface area contributed by atoms with Crippen LogP contribution in [0.4, 0.5) is 0 Å². The molecular weight excluding hydrogens is 504 g/mol. The molecule has 0 saturated heterocycles. The molecule has 1 N–H and O–H groups in total. The topological polar surface area (TPSA) is 59.9 Å². The molecule has 6 heteroatoms. The molecule has 0 aliphatic carbocycles. The Hall–Kier alpha value is -3.64. The maximum atomic E-state index is 12.3. The monoisotopic (exact) mass is 530 g/mol. The fourth-order valence-corrected chi connectivity index (χ4v) is 4.07. The van der Waals surface area contributed by atoms with E-state index in [4.69, 9.17) is 9.47 Å². The summed E-state index contributed by atoms with van der Waals surface area (Å²) in [7, 11) is 0. The van der Waals surface area contributed by atoms with Gasteiger partial charge in [-0.3, -0.25) is 4.79 Å². The van der Waals surface area contributed by atoms with E-state index in [0.717, 1.165) is 26.4 Å². The van der Waals surface area contributed by atoms with Crippen LogP contribution in [0.15, 0.2) is 94.5 Å². The number of fused-ring (bicyclic) bond motifs is 1. The zero-order chi connectivity index (χ0) is 24.6. The summed E-state index contributed by atoms with van der Waals surface area (Å²) < 4.78 is 12.7. The molecule has 1 amide bonds. The van der Waals surface area contributed by atoms with Crippen molar-refractivity contribution >= 4 is 38.8 Å². The van der Waals surface area contributed by atoms with Gasteiger partial charge in [-0.05, 0) is 58.1 Å². The number of nitrogens with zero attached hydrogens (tertiary/aromatic N) is 1. The second kappa shape index (κ2) is 11.7. The molecule has 0 atom stereocenters. The van der Waals surface area contributed by atoms with Crippen LogP contribution >= 0.6 is 15.9 Å². The van der Waals surface area contributed by atoms with Crippen molar-refractivity contribution in [3.63, 3.8) is 0 Å². The molecule has 4 rings (SSSR count). The zero-order valence-corrected chi connectivity index (χ0v) is 21.3. The van der Waals surface area contributed by atoms with Crippen LogP contribution in [0.25, 0.3) is 10.8 Å². The Balaban J connectivity index is 1.43. The first kappa shape index (κ1) is 24.5. The van der Waals surface area contributed by atoms with Crippen molar-refractivity contribution in [2.45, 2.75) is 26.4 Å². The Morgan fingerprint density at radius 1 is 0.971 bits per heavy atom. The Bertz CT molecular complexity index is 1330. The summed E-state index contributed by atoms with van der Waals surface area (Å²) in [6, 6.07) is 27.7. The maximum Gasteiger partial charge on any atom is 0.277 e. The Morgan fingerprint density at radius 3 is 2.54 bits per heavy atom. The summed E-state index contributed by atoms with van der Waals surface area (Å²) in [5.74, 6) is 1.43. The summed E-state index contributed by atoms with van der Waals surface area (Å²) >= 11 is 3.49. The minimum Gasteiger partial charge on any atom is -0.488 e. The molecule has 4 aromatic rings. The molecule has 178 valence electrons. The van der Waals surface area contributed by atoms with Crippen LogP contribution in [0.3, 0.4) is 0 Å². The van der Waals surface area contributed by atoms with Crippen molar-refractivity contribution in [2.24, 2.45) is 5.10 Å². The molecule has 0 fully saturated rings. The highest BCUT2D eigenvalue weighted by molar-refractivity contribution is 9.10. The fraction of sp³-hybridized carbons (Fsp3) is 0.172. The predicted molar refractivity (Wildman–Crippen MR) is 144 cm³/mol. The second-order valence-electron chi connectivity index (χ2n) is 8.42. The van der Waals surface area contributed by atoms with E-state index >= 15 is 0 Å². The van der Waals surface area contributed by atoms with Crippen molar-refractivity contribution in [3.8, 4) is 11.5 Å². The van der Waals surface area contributed by atoms with Crippen molar-refractivity contribution in [1.29, 1.82) is 0 Å². The number of amides is 1. The second-order valence-corrected chi connectivity index (χ2v) is 9.34. The Morgan fingerprint density at radius 2 is 1.77 bits per heavy atom. The van der Waals surface area contributed by atoms with Gasteiger partial charge in [-0.25, -0.2) is 5.43 Å². The van der Waals surface area contributed by atoms with Gasteiger partial charge in [0.15, 0.2) is 6.61 Å². The highest BCUT2D eigenvalue weighted by Gasteiger charge is 2.09. The van der Waals surface area contributed by atoms with Gasteiger partial charge in [-0.15, -0.1) is 0 Å². The first-order valence-corrected chi connectivity index (χ1v) is 12.2. The number of rotatable bonds is 9. The van der Waals surface area contributed by atoms with Crippen molar-refractivity contribution < 1.29 is 14.3 Å². The Kier molecular flexibility index (Phi) is 8.16. The largest absolute Gasteiger partial charge is 0.488 e. The lowest BCUT2D eigenvalue weighted by molar-refractivity contribution is -0.123. The van der Waals surface area contributed by atoms with Crippen LogP contribution in [-0.4, -0.2) is 18.7 Å². The van der Waals surface area contributed by atoms with E-state index < -0.39 is 0 Å². The van der Waals surface area contributed by atoms with E-state index in [-0.39, 0.29) is 12.5 Å². The van der Waals surface area contributed by atoms with E-state index in [1.54, 1.807) is 6.21 Å². The first-order chi connectivity index (χ1) is 17.0. The van der Waals surface area contributed by atoms with Crippen LogP contribution in [-0.2, 0) is 11.4 Å². The number of nitrogens with one attached hydrogen (secondary N) is 1. The lowest BCUT2D eigenvalue weighted by atomic mass is 10.0. The zero-order valence-electron chi connectivity index (χ0n) is 19.7. The van der Waals surface area contributed by atoms with Gasteiger partial charge in [-0.1, -0.05) is 84.4 Å². The van der Waals surface area contributed by atoms with Gasteiger partial charge < -0.3 is 9.47 Å². The number of carbonyl (C=O) groups is 1. The van der Waals surface area contributed by atoms with Gasteiger partial charge in [0.2, 0.25) is 0 Å². The third-order valence-electron chi connectivity index (χ3n) is 5.51. The minimum absolute atomic E-state index is 0.125. The van der Waals surface area contributed by atoms with Crippen molar-refractivity contribution in [2.75, 3.05) is 6.61 Å². The maximum absolute atomic E-state index is 12.3. The molecule has 0 bridgehead atoms. The van der Waals surface area contributed by atoms with Gasteiger partial charge in [-0.2, -0.15) is 5.10 Å². The summed E-state index contributed by atoms with van der Waals surface area (Å²) in [6.07, 6.45) is 1.62. The van der Waals surface area contributed by atoms with Crippen LogP contribution < -0.4 is 14.9 Å². The summed E-state index contributed by atoms with van der Waals surface area (Å²) in [6.45, 7) is 4.55. The number of carbonyl (C=O) groups excluding carboxylic acids is 1. The quantitative estimate of drug-likeness (QED) is 0.190. The summed E-state index contributed by atoms with van der Waals surface area (Å²) in [5.41, 5.74) is 5.61. The van der Waals surface area contributed by atoms with E-state index in [9.17, 15) is 4.79 Å². The smallest absolute Gasteiger partial charge is 0.277 e. The molecule has 0 heterocycles. The molecule has 0 radical (unpaired) electrons. The average Bonchev–Trinajstić information content (AvgIpc) is 2.87. The number of halogens is 1. The lowest BCUT2D eigenvalue weighted by Gasteiger charge is -2.12. The number of hydrazone groups is 1. The molecule has 0 aliphatic rings. The molecule has 0 saturated carbocycles. The van der Waals surface area contributed by atoms with Crippen molar-refractivity contribution in [3.05, 3.63) is 106 Å². The van der Waals surface area contributed by atoms with Crippen LogP contribution in [0.2, 0.25) is 0 Å². The van der Waals surface area contributed by atoms with E-state index in [1.807, 2.05) is 84.9 Å². The standard InChI is InChI=1S/C29H27BrN2O3/c1-20(2)22-10-13-25(14-11-22)34-19-29(33)32-31-17-27-26-9-4-3-7-23(26)12-15-28(27)35-18-21-6-5-8-24(30)16-21/h3-17,20H,18-19H2,1-2H3,(H,32,33). The fourth-order valence-electron chi connectivity index (χ4n) is 3.62. The van der Waals surface area contributed by atoms with E-state index in [0.29, 0.717) is 24.0 Å². The molecular formula is C29H27BrN2O3. The van der Waals surface area contributed by atoms with Crippen LogP contribution in [0.1, 0.15) is 36.5 Å². The summed E-state index contributed by atoms with van der Waals surface area (Å²) in [4.78, 5) is 12.3. The molecule has 0 aromatic heterocycles. The van der Waals surface area contributed by atoms with Crippen LogP contribution in [0, 0.1) is 0 Å². The van der Waals surface area contributed by atoms with Crippen molar-refractivity contribution in [1.82, 2.24) is 5.43 Å². The van der Waals surface area contributed by atoms with Gasteiger partial charge in [0, 0.05) is 10.0 Å². The molecule has 4 aromatic carbocycles. The van der Waals surface area contributed by atoms with E-state index in [1.165, 1.54) is 5.56 Å². The number of hydrogen-bond donors (Lipinski definition) is 1. The van der Waals surface area contributed by atoms with E-state index in [2.05, 4.69) is 40.3 Å². The molecule has 0 aliphatic heterocycles. The summed E-state index contributed by atoms with van der Waals surface area (Å²) in [5, 5.41) is 6.22. The number of ether oxygens (including phenoxy) is 2. The van der Waals surface area contributed by atoms with Crippen LogP contribution in [0.5, 0.6) is 11.5 Å². The SMILES string of the molecule is CC(C)c1ccc(OCC(=O)NN=Cc2c(OCc3cccc(Br)c3)ccc3ccccc23)cc1. The Labute approximate surface area is 213 Å². The first-order valence-electron chi connectivity index (χ1n) is 11.4. The molecule has 0 spiro atoms. The lowest BCUT2D eigenvalue weighted by Crippen LogP contribution is -2.24. The minimum atomic E-state index is -0.342.